The first-order valence-corrected chi connectivity index (χ1v) is 14.5. The topological polar surface area (TPSA) is 123 Å². The maximum atomic E-state index is 12.6. The van der Waals surface area contributed by atoms with Gasteiger partial charge in [-0.3, -0.25) is 0 Å². The number of nitrogens with one attached hydrogen (secondary N) is 4. The van der Waals surface area contributed by atoms with Gasteiger partial charge in [0.15, 0.2) is 0 Å². The normalized spacial score (nSPS) is 11.4. The van der Waals surface area contributed by atoms with Crippen molar-refractivity contribution in [2.24, 2.45) is 0 Å². The molecule has 0 aliphatic carbocycles. The molecule has 0 bridgehead atoms. The second kappa shape index (κ2) is 15.5. The third kappa shape index (κ3) is 10.9. The number of alkyl halides is 6. The maximum Gasteiger partial charge on any atom is 0.416 e. The highest BCUT2D eigenvalue weighted by Gasteiger charge is 2.31. The summed E-state index contributed by atoms with van der Waals surface area (Å²) in [5.41, 5.74) is 0.426. The number of urea groups is 2. The number of anilines is 4. The van der Waals surface area contributed by atoms with Crippen molar-refractivity contribution in [1.82, 2.24) is 0 Å². The Balaban J connectivity index is 0.000000260. The minimum Gasteiger partial charge on any atom is -0.506 e. The van der Waals surface area contributed by atoms with Gasteiger partial charge in [-0.25, -0.2) is 9.59 Å². The molecule has 8 nitrogen and oxygen atoms in total. The van der Waals surface area contributed by atoms with Crippen LogP contribution in [-0.4, -0.2) is 22.3 Å². The fraction of sp³-hybridized carbons (Fsp3) is 0.235. The van der Waals surface area contributed by atoms with E-state index in [0.29, 0.717) is 0 Å². The monoisotopic (exact) mass is 676 g/mol. The average molecular weight is 677 g/mol. The van der Waals surface area contributed by atoms with E-state index < -0.39 is 35.5 Å². The number of rotatable bonds is 6. The summed E-state index contributed by atoms with van der Waals surface area (Å²) in [5, 5.41) is 29.2. The van der Waals surface area contributed by atoms with Crippen LogP contribution in [-0.2, 0) is 12.4 Å². The van der Waals surface area contributed by atoms with E-state index in [0.717, 1.165) is 35.4 Å². The Labute approximate surface area is 272 Å². The lowest BCUT2D eigenvalue weighted by Gasteiger charge is -2.13. The van der Waals surface area contributed by atoms with Crippen LogP contribution in [0, 0.1) is 0 Å². The number of phenols is 2. The molecule has 14 heteroatoms. The number of aromatic hydroxyl groups is 2. The molecule has 256 valence electrons. The first kappa shape index (κ1) is 37.1. The summed E-state index contributed by atoms with van der Waals surface area (Å²) in [6.07, 6.45) is -8.97. The molecule has 0 aliphatic heterocycles. The van der Waals surface area contributed by atoms with E-state index in [1.54, 1.807) is 12.1 Å². The Kier molecular flexibility index (Phi) is 11.9. The van der Waals surface area contributed by atoms with Crippen LogP contribution in [0.4, 0.5) is 58.7 Å². The minimum atomic E-state index is -4.49. The number of halogens is 6. The van der Waals surface area contributed by atoms with Crippen molar-refractivity contribution >= 4 is 34.8 Å². The summed E-state index contributed by atoms with van der Waals surface area (Å²) in [6.45, 7) is 7.84. The third-order valence-electron chi connectivity index (χ3n) is 6.77. The van der Waals surface area contributed by atoms with E-state index in [9.17, 15) is 46.1 Å². The van der Waals surface area contributed by atoms with Gasteiger partial charge in [0.25, 0.3) is 0 Å². The molecular formula is C34H34F6N4O4. The van der Waals surface area contributed by atoms with Crippen LogP contribution in [0.15, 0.2) is 84.9 Å². The number of hydrogen-bond acceptors (Lipinski definition) is 4. The van der Waals surface area contributed by atoms with Crippen molar-refractivity contribution in [2.45, 2.75) is 51.9 Å². The molecule has 0 heterocycles. The van der Waals surface area contributed by atoms with Crippen LogP contribution in [0.5, 0.6) is 11.5 Å². The molecule has 0 unspecified atom stereocenters. The van der Waals surface area contributed by atoms with Crippen molar-refractivity contribution in [2.75, 3.05) is 21.3 Å². The van der Waals surface area contributed by atoms with Crippen LogP contribution in [0.1, 0.15) is 61.8 Å². The Morgan fingerprint density at radius 1 is 0.542 bits per heavy atom. The molecule has 48 heavy (non-hydrogen) atoms. The summed E-state index contributed by atoms with van der Waals surface area (Å²) >= 11 is 0. The molecule has 0 aromatic heterocycles. The molecule has 4 amide bonds. The van der Waals surface area contributed by atoms with Crippen LogP contribution >= 0.6 is 0 Å². The molecule has 0 radical (unpaired) electrons. The van der Waals surface area contributed by atoms with Gasteiger partial charge in [-0.05, 0) is 83.6 Å². The van der Waals surface area contributed by atoms with Crippen molar-refractivity contribution in [3.63, 3.8) is 0 Å². The van der Waals surface area contributed by atoms with Gasteiger partial charge in [0.2, 0.25) is 0 Å². The number of amides is 4. The Hall–Kier alpha value is -5.40. The second-order valence-corrected chi connectivity index (χ2v) is 11.2. The number of benzene rings is 4. The smallest absolute Gasteiger partial charge is 0.416 e. The van der Waals surface area contributed by atoms with Crippen molar-refractivity contribution < 1.29 is 46.1 Å². The van der Waals surface area contributed by atoms with E-state index in [4.69, 9.17) is 0 Å². The molecule has 0 saturated carbocycles. The molecule has 0 atom stereocenters. The highest BCUT2D eigenvalue weighted by Crippen LogP contribution is 2.33. The zero-order valence-corrected chi connectivity index (χ0v) is 26.2. The van der Waals surface area contributed by atoms with E-state index in [1.807, 2.05) is 27.7 Å². The lowest BCUT2D eigenvalue weighted by molar-refractivity contribution is -0.138. The zero-order chi connectivity index (χ0) is 35.8. The van der Waals surface area contributed by atoms with E-state index in [1.165, 1.54) is 48.5 Å². The summed E-state index contributed by atoms with van der Waals surface area (Å²) < 4.78 is 75.9. The molecule has 4 rings (SSSR count). The second-order valence-electron chi connectivity index (χ2n) is 11.2. The van der Waals surface area contributed by atoms with Gasteiger partial charge < -0.3 is 31.5 Å². The third-order valence-corrected chi connectivity index (χ3v) is 6.77. The van der Waals surface area contributed by atoms with E-state index in [2.05, 4.69) is 21.3 Å². The largest absolute Gasteiger partial charge is 0.506 e. The Morgan fingerprint density at radius 2 is 0.896 bits per heavy atom. The first-order valence-electron chi connectivity index (χ1n) is 14.5. The van der Waals surface area contributed by atoms with Crippen molar-refractivity contribution in [3.05, 3.63) is 107 Å². The van der Waals surface area contributed by atoms with Gasteiger partial charge in [0.1, 0.15) is 11.5 Å². The van der Waals surface area contributed by atoms with Gasteiger partial charge >= 0.3 is 24.4 Å². The highest BCUT2D eigenvalue weighted by molar-refractivity contribution is 6.01. The van der Waals surface area contributed by atoms with Gasteiger partial charge in [-0.15, -0.1) is 0 Å². The summed E-state index contributed by atoms with van der Waals surface area (Å²) in [4.78, 5) is 23.8. The number of carbonyl (C=O) groups excluding carboxylic acids is 2. The summed E-state index contributed by atoms with van der Waals surface area (Å²) in [6, 6.07) is 16.7. The molecule has 0 fully saturated rings. The maximum absolute atomic E-state index is 12.6. The fourth-order valence-corrected chi connectivity index (χ4v) is 4.14. The predicted molar refractivity (Wildman–Crippen MR) is 173 cm³/mol. The van der Waals surface area contributed by atoms with Crippen LogP contribution in [0.2, 0.25) is 0 Å². The lowest BCUT2D eigenvalue weighted by Crippen LogP contribution is -2.20. The standard InChI is InChI=1S/2C17H17F3N2O2/c2*1-10(2)11-6-7-14(15(23)8-11)22-16(24)21-13-5-3-4-12(9-13)17(18,19)20/h2*3-10,23H,1-2H3,(H2,21,22,24). The molecule has 0 aliphatic rings. The first-order chi connectivity index (χ1) is 22.3. The SMILES string of the molecule is CC(C)c1ccc(NC(=O)Nc2cccc(C(F)(F)F)c2)c(O)c1.CC(C)c1ccc(NC(=O)Nc2cccc(C(F)(F)F)c2)c(O)c1. The Morgan fingerprint density at radius 3 is 1.19 bits per heavy atom. The van der Waals surface area contributed by atoms with Gasteiger partial charge in [0, 0.05) is 11.4 Å². The number of phenolic OH excluding ortho intramolecular Hbond substituents is 2. The summed E-state index contributed by atoms with van der Waals surface area (Å²) in [5.74, 6) is 0.202. The Bertz CT molecular complexity index is 1610. The fourth-order valence-electron chi connectivity index (χ4n) is 4.14. The van der Waals surface area contributed by atoms with Crippen LogP contribution < -0.4 is 21.3 Å². The van der Waals surface area contributed by atoms with Gasteiger partial charge in [-0.2, -0.15) is 26.3 Å². The summed E-state index contributed by atoms with van der Waals surface area (Å²) in [7, 11) is 0. The minimum absolute atomic E-state index is 0.000570. The molecule has 4 aromatic rings. The van der Waals surface area contributed by atoms with Crippen LogP contribution in [0.25, 0.3) is 0 Å². The molecule has 0 spiro atoms. The molecule has 0 saturated heterocycles. The number of carbonyl (C=O) groups is 2. The molecule has 4 aromatic carbocycles. The van der Waals surface area contributed by atoms with E-state index in [-0.39, 0.29) is 46.1 Å². The van der Waals surface area contributed by atoms with Crippen molar-refractivity contribution in [1.29, 1.82) is 0 Å². The molecule has 6 N–H and O–H groups in total. The van der Waals surface area contributed by atoms with Crippen molar-refractivity contribution in [3.8, 4) is 11.5 Å². The highest BCUT2D eigenvalue weighted by atomic mass is 19.4. The van der Waals surface area contributed by atoms with E-state index >= 15 is 0 Å². The van der Waals surface area contributed by atoms with Gasteiger partial charge in [0.05, 0.1) is 22.5 Å². The lowest BCUT2D eigenvalue weighted by atomic mass is 10.0. The molecular weight excluding hydrogens is 642 g/mol. The van der Waals surface area contributed by atoms with Gasteiger partial charge in [-0.1, -0.05) is 52.0 Å². The zero-order valence-electron chi connectivity index (χ0n) is 26.2. The predicted octanol–water partition coefficient (Wildman–Crippen LogP) is 10.4. The average Bonchev–Trinajstić information content (AvgIpc) is 2.98. The quantitative estimate of drug-likeness (QED) is 0.0899. The number of hydrogen-bond donors (Lipinski definition) is 6. The van der Waals surface area contributed by atoms with Crippen LogP contribution in [0.3, 0.4) is 0 Å².